The summed E-state index contributed by atoms with van der Waals surface area (Å²) < 4.78 is 21.5. The predicted molar refractivity (Wildman–Crippen MR) is 112 cm³/mol. The van der Waals surface area contributed by atoms with Gasteiger partial charge in [0.2, 0.25) is 0 Å². The van der Waals surface area contributed by atoms with Crippen LogP contribution in [0.25, 0.3) is 0 Å². The lowest BCUT2D eigenvalue weighted by Crippen LogP contribution is -2.27. The van der Waals surface area contributed by atoms with Crippen LogP contribution in [0, 0.1) is 0 Å². The van der Waals surface area contributed by atoms with E-state index >= 15 is 0 Å². The average Bonchev–Trinajstić information content (AvgIpc) is 2.77. The first-order valence-electron chi connectivity index (χ1n) is 9.63. The van der Waals surface area contributed by atoms with Crippen molar-refractivity contribution in [2.45, 2.75) is 26.4 Å². The maximum absolute atomic E-state index is 11.9. The molecule has 9 heteroatoms. The van der Waals surface area contributed by atoms with Crippen molar-refractivity contribution < 1.29 is 28.5 Å². The Bertz CT molecular complexity index is 818. The summed E-state index contributed by atoms with van der Waals surface area (Å²) in [6, 6.07) is 16.6. The molecule has 1 N–H and O–H groups in total. The van der Waals surface area contributed by atoms with E-state index in [1.54, 1.807) is 19.1 Å². The minimum absolute atomic E-state index is 0.0695. The largest absolute Gasteiger partial charge is 0.466 e. The predicted octanol–water partition coefficient (Wildman–Crippen LogP) is 3.64. The Labute approximate surface area is 177 Å². The fourth-order valence-electron chi connectivity index (χ4n) is 2.53. The molecule has 0 spiro atoms. The van der Waals surface area contributed by atoms with Gasteiger partial charge >= 0.3 is 20.7 Å². The third kappa shape index (κ3) is 8.59. The Morgan fingerprint density at radius 3 is 2.50 bits per heavy atom. The molecule has 0 saturated carbocycles. The molecule has 1 unspecified atom stereocenters. The van der Waals surface area contributed by atoms with Crippen molar-refractivity contribution in [2.75, 3.05) is 19.7 Å². The highest BCUT2D eigenvalue weighted by molar-refractivity contribution is 7.20. The van der Waals surface area contributed by atoms with Crippen LogP contribution >= 0.6 is 8.61 Å². The van der Waals surface area contributed by atoms with Crippen LogP contribution in [0.15, 0.2) is 54.6 Å². The summed E-state index contributed by atoms with van der Waals surface area (Å²) in [6.45, 7) is 2.70. The van der Waals surface area contributed by atoms with E-state index in [0.29, 0.717) is 25.3 Å². The molecule has 1 amide bonds. The molecule has 30 heavy (non-hydrogen) atoms. The summed E-state index contributed by atoms with van der Waals surface area (Å²) in [5, 5.41) is 2.70. The fraction of sp³-hybridized carbons (Fsp3) is 0.333. The molecule has 0 heterocycles. The van der Waals surface area contributed by atoms with Crippen LogP contribution < -0.4 is 10.2 Å². The van der Waals surface area contributed by atoms with Gasteiger partial charge in [0.25, 0.3) is 0 Å². The van der Waals surface area contributed by atoms with Crippen LogP contribution in [0.1, 0.15) is 24.5 Å². The van der Waals surface area contributed by atoms with E-state index in [9.17, 15) is 14.2 Å². The third-order valence-corrected chi connectivity index (χ3v) is 4.50. The van der Waals surface area contributed by atoms with Gasteiger partial charge in [0.15, 0.2) is 5.75 Å². The van der Waals surface area contributed by atoms with Crippen molar-refractivity contribution >= 4 is 20.7 Å². The number of nitrogens with one attached hydrogen (secondary N) is 1. The topological polar surface area (TPSA) is 94.2 Å². The van der Waals surface area contributed by atoms with Crippen molar-refractivity contribution in [3.63, 3.8) is 0 Å². The number of alkyl carbamates (subject to hydrolysis) is 1. The van der Waals surface area contributed by atoms with Crippen LogP contribution in [0.3, 0.4) is 0 Å². The Hall–Kier alpha value is -2.96. The number of amides is 1. The summed E-state index contributed by atoms with van der Waals surface area (Å²) in [4.78, 5) is 30.2. The number of esters is 1. The maximum atomic E-state index is 11.9. The monoisotopic (exact) mass is 433 g/mol. The molecule has 8 nitrogen and oxygen atoms in total. The molecule has 2 aromatic rings. The number of rotatable bonds is 12. The highest BCUT2D eigenvalue weighted by Gasteiger charge is 2.18. The van der Waals surface area contributed by atoms with Gasteiger partial charge in [-0.3, -0.25) is 4.79 Å². The van der Waals surface area contributed by atoms with E-state index in [0.717, 1.165) is 11.1 Å². The smallest absolute Gasteiger partial charge is 0.456 e. The van der Waals surface area contributed by atoms with Crippen LogP contribution in [0.2, 0.25) is 0 Å². The van der Waals surface area contributed by atoms with Gasteiger partial charge in [0.05, 0.1) is 24.4 Å². The second-order valence-electron chi connectivity index (χ2n) is 6.19. The van der Waals surface area contributed by atoms with Gasteiger partial charge in [0, 0.05) is 6.54 Å². The number of para-hydroxylation sites is 1. The van der Waals surface area contributed by atoms with Gasteiger partial charge < -0.3 is 19.6 Å². The summed E-state index contributed by atoms with van der Waals surface area (Å²) in [5.74, 6) is 0.125. The van der Waals surface area contributed by atoms with E-state index in [-0.39, 0.29) is 25.5 Å². The number of benzene rings is 2. The normalized spacial score (nSPS) is 10.6. The molecule has 1 atom stereocenters. The number of ether oxygens (including phenoxy) is 2. The molecule has 2 rings (SSSR count). The average molecular weight is 433 g/mol. The highest BCUT2D eigenvalue weighted by atomic mass is 31.1. The molecular formula is C21H26N2O6P+. The molecule has 0 aromatic heterocycles. The standard InChI is InChI=1S/C21H25N2O6P/c1-2-27-20(24)13-15-23(30-26)29-19-11-7-6-10-18(19)12-14-22-21(25)28-16-17-8-4-3-5-9-17/h3-11H,2,12-16H2,1H3,(H,22,25)/p+1. The maximum Gasteiger partial charge on any atom is 0.456 e. The number of hydrogen-bond acceptors (Lipinski definition) is 6. The van der Waals surface area contributed by atoms with Crippen LogP contribution in [-0.2, 0) is 31.9 Å². The first-order chi connectivity index (χ1) is 14.6. The van der Waals surface area contributed by atoms with Crippen LogP contribution in [0.4, 0.5) is 4.79 Å². The van der Waals surface area contributed by atoms with Crippen molar-refractivity contribution in [1.82, 2.24) is 10.2 Å². The molecule has 0 radical (unpaired) electrons. The molecule has 0 saturated heterocycles. The zero-order valence-corrected chi connectivity index (χ0v) is 17.8. The minimum Gasteiger partial charge on any atom is -0.466 e. The molecule has 0 aliphatic carbocycles. The lowest BCUT2D eigenvalue weighted by molar-refractivity contribution is -0.144. The highest BCUT2D eigenvalue weighted by Crippen LogP contribution is 2.22. The zero-order chi connectivity index (χ0) is 21.6. The Morgan fingerprint density at radius 2 is 1.77 bits per heavy atom. The molecule has 0 bridgehead atoms. The Balaban J connectivity index is 1.80. The van der Waals surface area contributed by atoms with Crippen molar-refractivity contribution in [2.24, 2.45) is 0 Å². The van der Waals surface area contributed by atoms with Gasteiger partial charge in [-0.1, -0.05) is 48.5 Å². The summed E-state index contributed by atoms with van der Waals surface area (Å²) in [6.07, 6.45) is 0.0546. The van der Waals surface area contributed by atoms with Crippen molar-refractivity contribution in [3.8, 4) is 5.75 Å². The molecule has 0 aliphatic heterocycles. The second kappa shape index (κ2) is 13.3. The number of carbonyl (C=O) groups is 2. The van der Waals surface area contributed by atoms with E-state index < -0.39 is 14.7 Å². The summed E-state index contributed by atoms with van der Waals surface area (Å²) in [7, 11) is -0.880. The first kappa shape index (κ1) is 23.3. The second-order valence-corrected chi connectivity index (χ2v) is 6.87. The first-order valence-corrected chi connectivity index (χ1v) is 10.5. The zero-order valence-electron chi connectivity index (χ0n) is 16.8. The number of hydroxylamine groups is 1. The van der Waals surface area contributed by atoms with Gasteiger partial charge in [-0.15, -0.1) is 0 Å². The van der Waals surface area contributed by atoms with Gasteiger partial charge in [-0.2, -0.15) is 0 Å². The van der Waals surface area contributed by atoms with E-state index in [4.69, 9.17) is 14.3 Å². The quantitative estimate of drug-likeness (QED) is 0.310. The number of nitrogens with zero attached hydrogens (tertiary/aromatic N) is 1. The van der Waals surface area contributed by atoms with Crippen molar-refractivity contribution in [3.05, 3.63) is 65.7 Å². The summed E-state index contributed by atoms with van der Waals surface area (Å²) >= 11 is 0. The van der Waals surface area contributed by atoms with Crippen LogP contribution in [-0.4, -0.2) is 36.6 Å². The number of hydrogen-bond donors (Lipinski definition) is 1. The SMILES string of the molecule is CCOC(=O)CCN(Oc1ccccc1CCNC(=O)OCc1ccccc1)[PH+]=O. The van der Waals surface area contributed by atoms with Gasteiger partial charge in [-0.05, 0) is 35.1 Å². The molecule has 160 valence electrons. The molecular weight excluding hydrogens is 407 g/mol. The third-order valence-electron chi connectivity index (χ3n) is 3.98. The number of carbonyl (C=O) groups excluding carboxylic acids is 2. The van der Waals surface area contributed by atoms with Gasteiger partial charge in [-0.25, -0.2) is 4.79 Å². The van der Waals surface area contributed by atoms with E-state index in [2.05, 4.69) is 5.32 Å². The molecule has 2 aromatic carbocycles. The minimum atomic E-state index is -0.880. The lowest BCUT2D eigenvalue weighted by Gasteiger charge is -2.13. The van der Waals surface area contributed by atoms with Crippen molar-refractivity contribution in [1.29, 1.82) is 0 Å². The molecule has 0 fully saturated rings. The fourth-order valence-corrected chi connectivity index (χ4v) is 2.87. The van der Waals surface area contributed by atoms with E-state index in [1.807, 2.05) is 42.5 Å². The van der Waals surface area contributed by atoms with E-state index in [1.165, 1.54) is 4.83 Å². The van der Waals surface area contributed by atoms with Crippen LogP contribution in [0.5, 0.6) is 5.75 Å². The Morgan fingerprint density at radius 1 is 1.03 bits per heavy atom. The lowest BCUT2D eigenvalue weighted by atomic mass is 10.1. The van der Waals surface area contributed by atoms with Gasteiger partial charge in [0.1, 0.15) is 6.61 Å². The Kier molecular flexibility index (Phi) is 10.3. The molecule has 0 aliphatic rings. The summed E-state index contributed by atoms with van der Waals surface area (Å²) in [5.41, 5.74) is 1.73.